The number of likely N-dealkylation sites (tertiary alicyclic amines) is 1. The van der Waals surface area contributed by atoms with Crippen molar-refractivity contribution in [3.8, 4) is 11.5 Å². The maximum Gasteiger partial charge on any atom is 0.308 e. The molecule has 25 heavy (non-hydrogen) atoms. The molecule has 1 amide bonds. The maximum atomic E-state index is 12.7. The maximum absolute atomic E-state index is 12.7. The second kappa shape index (κ2) is 8.94. The fourth-order valence-electron chi connectivity index (χ4n) is 2.74. The van der Waals surface area contributed by atoms with E-state index in [4.69, 9.17) is 26.2 Å². The van der Waals surface area contributed by atoms with Crippen molar-refractivity contribution < 1.29 is 24.2 Å². The molecule has 2 rings (SSSR count). The Kier molecular flexibility index (Phi) is 6.93. The fraction of sp³-hybridized carbons (Fsp3) is 0.556. The van der Waals surface area contributed by atoms with E-state index in [1.54, 1.807) is 12.1 Å². The van der Waals surface area contributed by atoms with Crippen LogP contribution in [0.4, 0.5) is 0 Å². The predicted octanol–water partition coefficient (Wildman–Crippen LogP) is 3.46. The number of nitrogens with zero attached hydrogens (tertiary/aromatic N) is 1. The lowest BCUT2D eigenvalue weighted by atomic mass is 10.1. The van der Waals surface area contributed by atoms with Gasteiger partial charge in [0.25, 0.3) is 5.91 Å². The largest absolute Gasteiger partial charge is 0.490 e. The van der Waals surface area contributed by atoms with Gasteiger partial charge < -0.3 is 19.5 Å². The number of carboxylic acid groups (broad SMARTS) is 1. The first kappa shape index (κ1) is 19.4. The molecule has 0 aromatic heterocycles. The molecule has 1 aromatic carbocycles. The highest BCUT2D eigenvalue weighted by molar-refractivity contribution is 6.32. The summed E-state index contributed by atoms with van der Waals surface area (Å²) in [6.45, 7) is 5.49. The molecule has 1 N–H and O–H groups in total. The van der Waals surface area contributed by atoms with Crippen LogP contribution in [0.5, 0.6) is 11.5 Å². The number of rotatable bonds is 8. The molecular weight excluding hydrogens is 346 g/mol. The number of amides is 1. The van der Waals surface area contributed by atoms with Gasteiger partial charge in [-0.15, -0.1) is 0 Å². The third-order valence-corrected chi connectivity index (χ3v) is 4.41. The molecule has 1 fully saturated rings. The average molecular weight is 370 g/mol. The minimum Gasteiger partial charge on any atom is -0.490 e. The molecular formula is C18H24ClNO5. The van der Waals surface area contributed by atoms with Crippen molar-refractivity contribution >= 4 is 23.5 Å². The number of hydrogen-bond donors (Lipinski definition) is 1. The molecule has 0 saturated carbocycles. The summed E-state index contributed by atoms with van der Waals surface area (Å²) in [5, 5.41) is 9.40. The summed E-state index contributed by atoms with van der Waals surface area (Å²) in [4.78, 5) is 25.3. The van der Waals surface area contributed by atoms with E-state index in [1.807, 2.05) is 6.92 Å². The molecule has 0 aliphatic carbocycles. The highest BCUT2D eigenvalue weighted by Crippen LogP contribution is 2.37. The zero-order chi connectivity index (χ0) is 18.4. The molecule has 1 unspecified atom stereocenters. The van der Waals surface area contributed by atoms with Gasteiger partial charge in [0.2, 0.25) is 0 Å². The Labute approximate surface area is 152 Å². The Morgan fingerprint density at radius 1 is 1.32 bits per heavy atom. The molecule has 0 radical (unpaired) electrons. The van der Waals surface area contributed by atoms with Crippen molar-refractivity contribution in [1.29, 1.82) is 0 Å². The molecule has 0 spiro atoms. The van der Waals surface area contributed by atoms with Crippen LogP contribution in [-0.4, -0.2) is 48.2 Å². The first-order chi connectivity index (χ1) is 12.0. The van der Waals surface area contributed by atoms with Gasteiger partial charge in [-0.25, -0.2) is 0 Å². The highest BCUT2D eigenvalue weighted by atomic mass is 35.5. The standard InChI is InChI=1S/C18H24ClNO5/c1-3-5-8-25-16-14(19)9-13(10-15(16)24-4-2)17(21)20-7-6-12(11-20)18(22)23/h9-10,12H,3-8,11H2,1-2H3,(H,22,23). The Hall–Kier alpha value is -1.95. The van der Waals surface area contributed by atoms with Gasteiger partial charge in [0, 0.05) is 18.7 Å². The molecule has 0 bridgehead atoms. The summed E-state index contributed by atoms with van der Waals surface area (Å²) < 4.78 is 11.3. The number of carbonyl (C=O) groups excluding carboxylic acids is 1. The van der Waals surface area contributed by atoms with Crippen LogP contribution in [0.15, 0.2) is 12.1 Å². The molecule has 1 atom stereocenters. The smallest absolute Gasteiger partial charge is 0.308 e. The van der Waals surface area contributed by atoms with Gasteiger partial charge in [-0.3, -0.25) is 9.59 Å². The third kappa shape index (κ3) is 4.78. The van der Waals surface area contributed by atoms with Crippen LogP contribution in [0.25, 0.3) is 0 Å². The lowest BCUT2D eigenvalue weighted by molar-refractivity contribution is -0.141. The summed E-state index contributed by atoms with van der Waals surface area (Å²) in [7, 11) is 0. The minimum atomic E-state index is -0.872. The predicted molar refractivity (Wildman–Crippen MR) is 94.7 cm³/mol. The zero-order valence-corrected chi connectivity index (χ0v) is 15.3. The number of hydrogen-bond acceptors (Lipinski definition) is 4. The van der Waals surface area contributed by atoms with Crippen LogP contribution in [0.1, 0.15) is 43.5 Å². The van der Waals surface area contributed by atoms with Crippen molar-refractivity contribution in [3.05, 3.63) is 22.7 Å². The summed E-state index contributed by atoms with van der Waals surface area (Å²) in [5.74, 6) is -0.751. The lowest BCUT2D eigenvalue weighted by Crippen LogP contribution is -2.30. The van der Waals surface area contributed by atoms with E-state index in [0.29, 0.717) is 48.3 Å². The highest BCUT2D eigenvalue weighted by Gasteiger charge is 2.32. The van der Waals surface area contributed by atoms with Gasteiger partial charge in [0.1, 0.15) is 0 Å². The molecule has 6 nitrogen and oxygen atoms in total. The quantitative estimate of drug-likeness (QED) is 0.710. The topological polar surface area (TPSA) is 76.1 Å². The minimum absolute atomic E-state index is 0.213. The van der Waals surface area contributed by atoms with E-state index in [2.05, 4.69) is 6.92 Å². The van der Waals surface area contributed by atoms with Crippen molar-refractivity contribution in [3.63, 3.8) is 0 Å². The number of benzene rings is 1. The summed E-state index contributed by atoms with van der Waals surface area (Å²) in [6, 6.07) is 3.18. The first-order valence-electron chi connectivity index (χ1n) is 8.59. The molecule has 1 heterocycles. The van der Waals surface area contributed by atoms with Crippen LogP contribution in [0.2, 0.25) is 5.02 Å². The number of ether oxygens (including phenoxy) is 2. The molecule has 1 aromatic rings. The Morgan fingerprint density at radius 2 is 2.08 bits per heavy atom. The Bertz CT molecular complexity index is 634. The Balaban J connectivity index is 2.20. The van der Waals surface area contributed by atoms with Gasteiger partial charge in [0.05, 0.1) is 24.2 Å². The van der Waals surface area contributed by atoms with Crippen LogP contribution in [-0.2, 0) is 4.79 Å². The molecule has 7 heteroatoms. The molecule has 1 aliphatic heterocycles. The second-order valence-corrected chi connectivity index (χ2v) is 6.40. The van der Waals surface area contributed by atoms with Gasteiger partial charge in [-0.2, -0.15) is 0 Å². The first-order valence-corrected chi connectivity index (χ1v) is 8.96. The van der Waals surface area contributed by atoms with Crippen LogP contribution in [0.3, 0.4) is 0 Å². The van der Waals surface area contributed by atoms with Gasteiger partial charge >= 0.3 is 5.97 Å². The molecule has 1 saturated heterocycles. The van der Waals surface area contributed by atoms with E-state index in [0.717, 1.165) is 12.8 Å². The molecule has 138 valence electrons. The monoisotopic (exact) mass is 369 g/mol. The SMILES string of the molecule is CCCCOc1c(Cl)cc(C(=O)N2CCC(C(=O)O)C2)cc1OCC. The number of carboxylic acids is 1. The molecule has 1 aliphatic rings. The Morgan fingerprint density at radius 3 is 2.68 bits per heavy atom. The zero-order valence-electron chi connectivity index (χ0n) is 14.6. The van der Waals surface area contributed by atoms with Gasteiger partial charge in [-0.1, -0.05) is 24.9 Å². The second-order valence-electron chi connectivity index (χ2n) is 6.00. The summed E-state index contributed by atoms with van der Waals surface area (Å²) >= 11 is 6.31. The summed E-state index contributed by atoms with van der Waals surface area (Å²) in [5.41, 5.74) is 0.377. The fourth-order valence-corrected chi connectivity index (χ4v) is 3.01. The number of halogens is 1. The number of carbonyl (C=O) groups is 2. The summed E-state index contributed by atoms with van der Waals surface area (Å²) in [6.07, 6.45) is 2.36. The van der Waals surface area contributed by atoms with Gasteiger partial charge in [-0.05, 0) is 31.9 Å². The van der Waals surface area contributed by atoms with Crippen molar-refractivity contribution in [2.45, 2.75) is 33.1 Å². The number of unbranched alkanes of at least 4 members (excludes halogenated alkanes) is 1. The van der Waals surface area contributed by atoms with Gasteiger partial charge in [0.15, 0.2) is 11.5 Å². The van der Waals surface area contributed by atoms with Crippen molar-refractivity contribution in [1.82, 2.24) is 4.90 Å². The van der Waals surface area contributed by atoms with Crippen LogP contribution in [0, 0.1) is 5.92 Å². The average Bonchev–Trinajstić information content (AvgIpc) is 3.07. The number of aliphatic carboxylic acids is 1. The van der Waals surface area contributed by atoms with E-state index in [9.17, 15) is 9.59 Å². The van der Waals surface area contributed by atoms with E-state index in [1.165, 1.54) is 4.90 Å². The van der Waals surface area contributed by atoms with Crippen molar-refractivity contribution in [2.24, 2.45) is 5.92 Å². The van der Waals surface area contributed by atoms with Crippen molar-refractivity contribution in [2.75, 3.05) is 26.3 Å². The normalized spacial score (nSPS) is 16.8. The van der Waals surface area contributed by atoms with E-state index >= 15 is 0 Å². The van der Waals surface area contributed by atoms with Crippen LogP contribution >= 0.6 is 11.6 Å². The van der Waals surface area contributed by atoms with E-state index in [-0.39, 0.29) is 12.5 Å². The van der Waals surface area contributed by atoms with Crippen LogP contribution < -0.4 is 9.47 Å². The third-order valence-electron chi connectivity index (χ3n) is 4.13. The lowest BCUT2D eigenvalue weighted by Gasteiger charge is -2.19. The van der Waals surface area contributed by atoms with E-state index < -0.39 is 11.9 Å².